The maximum absolute atomic E-state index is 11.3. The Morgan fingerprint density at radius 3 is 3.14 bits per heavy atom. The van der Waals surface area contributed by atoms with Crippen LogP contribution in [0.5, 0.6) is 0 Å². The summed E-state index contributed by atoms with van der Waals surface area (Å²) >= 11 is 0. The number of H-pyrrole nitrogens is 1. The first-order valence-corrected chi connectivity index (χ1v) is 4.35. The third kappa shape index (κ3) is 0.891. The third-order valence-electron chi connectivity index (χ3n) is 2.35. The second-order valence-corrected chi connectivity index (χ2v) is 3.22. The fourth-order valence-electron chi connectivity index (χ4n) is 1.63. The summed E-state index contributed by atoms with van der Waals surface area (Å²) in [5, 5.41) is 9.36. The molecule has 0 unspecified atom stereocenters. The van der Waals surface area contributed by atoms with Crippen LogP contribution in [0.3, 0.4) is 0 Å². The minimum Gasteiger partial charge on any atom is -0.324 e. The van der Waals surface area contributed by atoms with Crippen LogP contribution in [0.1, 0.15) is 5.56 Å². The lowest BCUT2D eigenvalue weighted by molar-refractivity contribution is 0.757. The summed E-state index contributed by atoms with van der Waals surface area (Å²) in [6, 6.07) is 7.87. The van der Waals surface area contributed by atoms with Gasteiger partial charge in [-0.1, -0.05) is 18.2 Å². The Morgan fingerprint density at radius 2 is 2.21 bits per heavy atom. The molecule has 0 saturated heterocycles. The Kier molecular flexibility index (Phi) is 1.30. The molecule has 3 rings (SSSR count). The Labute approximate surface area is 79.4 Å². The molecule has 1 aromatic carbocycles. The molecule has 2 heterocycles. The summed E-state index contributed by atoms with van der Waals surface area (Å²) < 4.78 is 1.57. The van der Waals surface area contributed by atoms with E-state index < -0.39 is 0 Å². The van der Waals surface area contributed by atoms with Crippen molar-refractivity contribution in [3.8, 4) is 0 Å². The second-order valence-electron chi connectivity index (χ2n) is 3.22. The van der Waals surface area contributed by atoms with E-state index >= 15 is 0 Å². The normalized spacial score (nSPS) is 12.9. The highest BCUT2D eigenvalue weighted by Gasteiger charge is 2.16. The molecule has 0 aliphatic carbocycles. The lowest BCUT2D eigenvalue weighted by atomic mass is 10.1. The van der Waals surface area contributed by atoms with Crippen LogP contribution in [0.4, 0.5) is 11.6 Å². The van der Waals surface area contributed by atoms with E-state index in [9.17, 15) is 4.79 Å². The molecule has 0 spiro atoms. The van der Waals surface area contributed by atoms with Crippen LogP contribution in [0.2, 0.25) is 0 Å². The van der Waals surface area contributed by atoms with Gasteiger partial charge < -0.3 is 5.32 Å². The van der Waals surface area contributed by atoms with E-state index in [0.29, 0.717) is 12.5 Å². The summed E-state index contributed by atoms with van der Waals surface area (Å²) in [7, 11) is 0. The van der Waals surface area contributed by atoms with Gasteiger partial charge in [-0.3, -0.25) is 4.57 Å². The van der Waals surface area contributed by atoms with Gasteiger partial charge >= 0.3 is 5.69 Å². The van der Waals surface area contributed by atoms with Crippen molar-refractivity contribution >= 4 is 11.6 Å². The quantitative estimate of drug-likeness (QED) is 0.545. The fourth-order valence-corrected chi connectivity index (χ4v) is 1.63. The fraction of sp³-hybridized carbons (Fsp3) is 0.111. The molecule has 0 bridgehead atoms. The molecule has 2 aromatic rings. The van der Waals surface area contributed by atoms with Crippen LogP contribution < -0.4 is 11.0 Å². The molecule has 1 aliphatic rings. The third-order valence-corrected chi connectivity index (χ3v) is 2.35. The number of hydrogen-bond donors (Lipinski definition) is 2. The van der Waals surface area contributed by atoms with Crippen molar-refractivity contribution in [2.45, 2.75) is 6.54 Å². The van der Waals surface area contributed by atoms with Crippen LogP contribution in [0.25, 0.3) is 0 Å². The maximum atomic E-state index is 11.3. The van der Waals surface area contributed by atoms with E-state index in [1.165, 1.54) is 0 Å². The molecule has 1 aliphatic heterocycles. The van der Waals surface area contributed by atoms with Gasteiger partial charge in [0.2, 0.25) is 5.95 Å². The van der Waals surface area contributed by atoms with Crippen LogP contribution in [-0.4, -0.2) is 14.8 Å². The maximum Gasteiger partial charge on any atom is 0.345 e. The minimum atomic E-state index is -0.179. The van der Waals surface area contributed by atoms with Crippen molar-refractivity contribution < 1.29 is 0 Å². The van der Waals surface area contributed by atoms with E-state index in [4.69, 9.17) is 0 Å². The molecule has 0 saturated carbocycles. The van der Waals surface area contributed by atoms with Crippen molar-refractivity contribution in [1.29, 1.82) is 0 Å². The minimum absolute atomic E-state index is 0.179. The van der Waals surface area contributed by atoms with Crippen LogP contribution >= 0.6 is 0 Å². The molecule has 0 fully saturated rings. The summed E-state index contributed by atoms with van der Waals surface area (Å²) in [6.45, 7) is 0.577. The van der Waals surface area contributed by atoms with Gasteiger partial charge in [0.05, 0.1) is 6.54 Å². The highest BCUT2D eigenvalue weighted by atomic mass is 16.1. The summed E-state index contributed by atoms with van der Waals surface area (Å²) in [4.78, 5) is 11.3. The van der Waals surface area contributed by atoms with Gasteiger partial charge in [-0.25, -0.2) is 9.89 Å². The van der Waals surface area contributed by atoms with Gasteiger partial charge in [0.15, 0.2) is 0 Å². The molecule has 14 heavy (non-hydrogen) atoms. The second kappa shape index (κ2) is 2.47. The monoisotopic (exact) mass is 188 g/mol. The highest BCUT2D eigenvalue weighted by molar-refractivity contribution is 5.61. The van der Waals surface area contributed by atoms with Crippen molar-refractivity contribution in [2.24, 2.45) is 0 Å². The molecule has 0 radical (unpaired) electrons. The van der Waals surface area contributed by atoms with Crippen molar-refractivity contribution in [3.05, 3.63) is 40.3 Å². The van der Waals surface area contributed by atoms with E-state index in [-0.39, 0.29) is 5.69 Å². The van der Waals surface area contributed by atoms with E-state index in [1.54, 1.807) is 4.57 Å². The number of aromatic amines is 1. The number of fused-ring (bicyclic) bond motifs is 2. The molecule has 5 heteroatoms. The Balaban J connectivity index is 2.19. The first-order valence-electron chi connectivity index (χ1n) is 4.35. The van der Waals surface area contributed by atoms with E-state index in [2.05, 4.69) is 15.5 Å². The smallest absolute Gasteiger partial charge is 0.324 e. The number of rotatable bonds is 0. The zero-order chi connectivity index (χ0) is 9.54. The van der Waals surface area contributed by atoms with Gasteiger partial charge in [-0.2, -0.15) is 0 Å². The van der Waals surface area contributed by atoms with Crippen molar-refractivity contribution in [2.75, 3.05) is 5.32 Å². The molecular weight excluding hydrogens is 180 g/mol. The molecular formula is C9H8N4O. The molecule has 0 amide bonds. The average molecular weight is 188 g/mol. The topological polar surface area (TPSA) is 62.7 Å². The molecule has 2 N–H and O–H groups in total. The summed E-state index contributed by atoms with van der Waals surface area (Å²) in [5.74, 6) is 0.578. The number of para-hydroxylation sites is 1. The number of hydrogen-bond acceptors (Lipinski definition) is 3. The number of benzene rings is 1. The summed E-state index contributed by atoms with van der Waals surface area (Å²) in [6.07, 6.45) is 0. The number of nitrogens with one attached hydrogen (secondary N) is 2. The predicted octanol–water partition coefficient (Wildman–Crippen LogP) is 0.677. The Bertz CT molecular complexity index is 540. The van der Waals surface area contributed by atoms with Crippen LogP contribution in [-0.2, 0) is 6.54 Å². The van der Waals surface area contributed by atoms with Gasteiger partial charge in [-0.05, 0) is 11.6 Å². The van der Waals surface area contributed by atoms with Gasteiger partial charge in [0, 0.05) is 5.69 Å². The van der Waals surface area contributed by atoms with E-state index in [0.717, 1.165) is 11.3 Å². The molecule has 5 nitrogen and oxygen atoms in total. The zero-order valence-corrected chi connectivity index (χ0v) is 7.32. The molecule has 0 atom stereocenters. The lowest BCUT2D eigenvalue weighted by Crippen LogP contribution is -2.22. The Morgan fingerprint density at radius 1 is 1.36 bits per heavy atom. The van der Waals surface area contributed by atoms with E-state index in [1.807, 2.05) is 24.3 Å². The standard InChI is InChI=1S/C9H8N4O/c14-9-12-11-8-10-7-4-2-1-3-6(7)5-13(8)9/h1-4H,5H2,(H,10,11)(H,12,14). The van der Waals surface area contributed by atoms with Crippen molar-refractivity contribution in [3.63, 3.8) is 0 Å². The predicted molar refractivity (Wildman–Crippen MR) is 51.7 cm³/mol. The first kappa shape index (κ1) is 7.37. The first-order chi connectivity index (χ1) is 6.84. The number of aromatic nitrogens is 3. The summed E-state index contributed by atoms with van der Waals surface area (Å²) in [5.41, 5.74) is 1.93. The van der Waals surface area contributed by atoms with Gasteiger partial charge in [0.1, 0.15) is 0 Å². The number of anilines is 2. The largest absolute Gasteiger partial charge is 0.345 e. The van der Waals surface area contributed by atoms with Crippen LogP contribution in [0.15, 0.2) is 29.1 Å². The number of nitrogens with zero attached hydrogens (tertiary/aromatic N) is 2. The lowest BCUT2D eigenvalue weighted by Gasteiger charge is -2.17. The zero-order valence-electron chi connectivity index (χ0n) is 7.32. The highest BCUT2D eigenvalue weighted by Crippen LogP contribution is 2.24. The van der Waals surface area contributed by atoms with Crippen LogP contribution in [0, 0.1) is 0 Å². The van der Waals surface area contributed by atoms with Gasteiger partial charge in [-0.15, -0.1) is 5.10 Å². The van der Waals surface area contributed by atoms with Gasteiger partial charge in [0.25, 0.3) is 0 Å². The van der Waals surface area contributed by atoms with Crippen molar-refractivity contribution in [1.82, 2.24) is 14.8 Å². The molecule has 70 valence electrons. The molecule has 1 aromatic heterocycles. The average Bonchev–Trinajstić information content (AvgIpc) is 2.57. The Hall–Kier alpha value is -2.04. The SMILES string of the molecule is O=c1[nH]nc2n1Cc1ccccc1N2.